The Morgan fingerprint density at radius 2 is 1.82 bits per heavy atom. The van der Waals surface area contributed by atoms with Crippen molar-refractivity contribution in [2.24, 2.45) is 35.0 Å². The van der Waals surface area contributed by atoms with E-state index in [9.17, 15) is 0 Å². The lowest BCUT2D eigenvalue weighted by Gasteiger charge is -2.52. The summed E-state index contributed by atoms with van der Waals surface area (Å²) in [6.45, 7) is 9.88. The lowest BCUT2D eigenvalue weighted by Crippen LogP contribution is -2.42. The second-order valence-electron chi connectivity index (χ2n) is 7.90. The molecule has 0 aromatic carbocycles. The molecule has 17 heavy (non-hydrogen) atoms. The molecule has 0 aromatic heterocycles. The van der Waals surface area contributed by atoms with Gasteiger partial charge < -0.3 is 5.32 Å². The molecule has 0 amide bonds. The molecule has 0 radical (unpaired) electrons. The average Bonchev–Trinajstić information content (AvgIpc) is 2.35. The first kappa shape index (κ1) is 12.0. The minimum Gasteiger partial charge on any atom is -0.659 e. The summed E-state index contributed by atoms with van der Waals surface area (Å²) in [6, 6.07) is 0. The molecule has 3 aliphatic rings. The molecule has 0 aliphatic heterocycles. The van der Waals surface area contributed by atoms with Crippen LogP contribution in [0.2, 0.25) is 0 Å². The molecule has 6 atom stereocenters. The zero-order chi connectivity index (χ0) is 12.4. The molecule has 3 bridgehead atoms. The average molecular weight is 234 g/mol. The SMILES string of the molecule is C[N-]C1(C)C2CC3CC(C)(C2)C1CC3C(C)C. The van der Waals surface area contributed by atoms with Crippen LogP contribution in [-0.2, 0) is 0 Å². The van der Waals surface area contributed by atoms with Crippen LogP contribution in [0.5, 0.6) is 0 Å². The van der Waals surface area contributed by atoms with Gasteiger partial charge in [-0.2, -0.15) is 7.05 Å². The van der Waals surface area contributed by atoms with E-state index >= 15 is 0 Å². The molecule has 0 aromatic rings. The maximum absolute atomic E-state index is 4.88. The van der Waals surface area contributed by atoms with E-state index in [1.54, 1.807) is 0 Å². The quantitative estimate of drug-likeness (QED) is 0.669. The number of rotatable bonds is 2. The molecule has 3 aliphatic carbocycles. The number of hydrogen-bond acceptors (Lipinski definition) is 0. The van der Waals surface area contributed by atoms with Gasteiger partial charge in [-0.3, -0.25) is 0 Å². The topological polar surface area (TPSA) is 14.1 Å². The van der Waals surface area contributed by atoms with Gasteiger partial charge in [0.05, 0.1) is 0 Å². The minimum absolute atomic E-state index is 0.299. The Labute approximate surface area is 107 Å². The van der Waals surface area contributed by atoms with E-state index in [0.717, 1.165) is 29.6 Å². The summed E-state index contributed by atoms with van der Waals surface area (Å²) in [7, 11) is 2.07. The summed E-state index contributed by atoms with van der Waals surface area (Å²) in [5.74, 6) is 4.57. The highest BCUT2D eigenvalue weighted by atomic mass is 15.0. The minimum atomic E-state index is 0.299. The first-order chi connectivity index (χ1) is 7.90. The van der Waals surface area contributed by atoms with E-state index in [-0.39, 0.29) is 0 Å². The van der Waals surface area contributed by atoms with Crippen LogP contribution in [0.3, 0.4) is 0 Å². The van der Waals surface area contributed by atoms with Crippen LogP contribution in [0.25, 0.3) is 5.32 Å². The predicted molar refractivity (Wildman–Crippen MR) is 73.1 cm³/mol. The van der Waals surface area contributed by atoms with E-state index < -0.39 is 0 Å². The summed E-state index contributed by atoms with van der Waals surface area (Å²) >= 11 is 0. The van der Waals surface area contributed by atoms with E-state index in [4.69, 9.17) is 5.32 Å². The van der Waals surface area contributed by atoms with Gasteiger partial charge in [-0.25, -0.2) is 0 Å². The highest BCUT2D eigenvalue weighted by Gasteiger charge is 2.60. The fourth-order valence-electron chi connectivity index (χ4n) is 5.97. The number of nitrogens with zero attached hydrogens (tertiary/aromatic N) is 1. The van der Waals surface area contributed by atoms with E-state index in [1.165, 1.54) is 25.7 Å². The van der Waals surface area contributed by atoms with Crippen molar-refractivity contribution in [1.29, 1.82) is 0 Å². The van der Waals surface area contributed by atoms with Crippen LogP contribution >= 0.6 is 0 Å². The third-order valence-electron chi connectivity index (χ3n) is 6.85. The van der Waals surface area contributed by atoms with Gasteiger partial charge in [-0.15, -0.1) is 5.54 Å². The van der Waals surface area contributed by atoms with E-state index in [0.29, 0.717) is 11.0 Å². The number of hydrogen-bond donors (Lipinski definition) is 0. The molecule has 1 nitrogen and oxygen atoms in total. The van der Waals surface area contributed by atoms with Gasteiger partial charge in [0.15, 0.2) is 0 Å². The van der Waals surface area contributed by atoms with Gasteiger partial charge in [0.2, 0.25) is 0 Å². The molecular formula is C16H28N-. The summed E-state index contributed by atoms with van der Waals surface area (Å²) in [5.41, 5.74) is 0.917. The van der Waals surface area contributed by atoms with Crippen molar-refractivity contribution in [1.82, 2.24) is 0 Å². The van der Waals surface area contributed by atoms with Gasteiger partial charge in [0.1, 0.15) is 0 Å². The molecule has 3 rings (SSSR count). The Bertz CT molecular complexity index is 323. The Hall–Kier alpha value is -0.0400. The molecule has 3 saturated carbocycles. The van der Waals surface area contributed by atoms with Crippen molar-refractivity contribution < 1.29 is 0 Å². The largest absolute Gasteiger partial charge is 0.659 e. The van der Waals surface area contributed by atoms with Crippen LogP contribution in [0.4, 0.5) is 0 Å². The zero-order valence-corrected chi connectivity index (χ0v) is 12.2. The third-order valence-corrected chi connectivity index (χ3v) is 6.85. The molecule has 0 spiro atoms. The van der Waals surface area contributed by atoms with Crippen molar-refractivity contribution in [3.8, 4) is 0 Å². The Morgan fingerprint density at radius 3 is 2.41 bits per heavy atom. The number of fused-ring (bicyclic) bond motifs is 2. The van der Waals surface area contributed by atoms with Gasteiger partial charge in [-0.1, -0.05) is 33.6 Å². The Kier molecular flexibility index (Phi) is 2.47. The lowest BCUT2D eigenvalue weighted by atomic mass is 9.56. The standard InChI is InChI=1S/C16H28N/c1-10(2)13-7-14-15(3)8-11(13)6-12(9-15)16(14,4)17-5/h10-14H,6-9H2,1-5H3/q-1. The first-order valence-corrected chi connectivity index (χ1v) is 7.51. The third kappa shape index (κ3) is 1.41. The Balaban J connectivity index is 1.99. The molecule has 98 valence electrons. The summed E-state index contributed by atoms with van der Waals surface area (Å²) in [6.07, 6.45) is 5.85. The van der Waals surface area contributed by atoms with Crippen molar-refractivity contribution in [2.45, 2.75) is 58.9 Å². The zero-order valence-electron chi connectivity index (χ0n) is 12.2. The van der Waals surface area contributed by atoms with Crippen LogP contribution in [-0.4, -0.2) is 12.6 Å². The van der Waals surface area contributed by atoms with Crippen molar-refractivity contribution in [3.05, 3.63) is 5.32 Å². The molecular weight excluding hydrogens is 206 g/mol. The fraction of sp³-hybridized carbons (Fsp3) is 1.00. The first-order valence-electron chi connectivity index (χ1n) is 7.51. The monoisotopic (exact) mass is 234 g/mol. The normalized spacial score (nSPS) is 56.8. The van der Waals surface area contributed by atoms with Gasteiger partial charge in [0.25, 0.3) is 0 Å². The molecule has 0 saturated heterocycles. The molecule has 6 unspecified atom stereocenters. The second kappa shape index (κ2) is 3.50. The van der Waals surface area contributed by atoms with Crippen molar-refractivity contribution >= 4 is 0 Å². The van der Waals surface area contributed by atoms with Gasteiger partial charge in [-0.05, 0) is 54.8 Å². The second-order valence-corrected chi connectivity index (χ2v) is 7.90. The van der Waals surface area contributed by atoms with Crippen molar-refractivity contribution in [3.63, 3.8) is 0 Å². The fourth-order valence-corrected chi connectivity index (χ4v) is 5.97. The van der Waals surface area contributed by atoms with Crippen LogP contribution in [0, 0.1) is 35.0 Å². The highest BCUT2D eigenvalue weighted by Crippen LogP contribution is 2.69. The molecule has 0 heterocycles. The highest BCUT2D eigenvalue weighted by molar-refractivity contribution is 5.23. The van der Waals surface area contributed by atoms with E-state index in [2.05, 4.69) is 34.7 Å². The molecule has 0 N–H and O–H groups in total. The van der Waals surface area contributed by atoms with Gasteiger partial charge >= 0.3 is 0 Å². The van der Waals surface area contributed by atoms with Crippen LogP contribution in [0.1, 0.15) is 53.4 Å². The smallest absolute Gasteiger partial charge is 0.0304 e. The van der Waals surface area contributed by atoms with E-state index in [1.807, 2.05) is 0 Å². The molecule has 1 heteroatoms. The maximum atomic E-state index is 4.88. The lowest BCUT2D eigenvalue weighted by molar-refractivity contribution is 0.0115. The van der Waals surface area contributed by atoms with Gasteiger partial charge in [0, 0.05) is 0 Å². The van der Waals surface area contributed by atoms with Crippen LogP contribution < -0.4 is 0 Å². The predicted octanol–water partition coefficient (Wildman–Crippen LogP) is 4.48. The van der Waals surface area contributed by atoms with Crippen molar-refractivity contribution in [2.75, 3.05) is 7.05 Å². The summed E-state index contributed by atoms with van der Waals surface area (Å²) < 4.78 is 0. The van der Waals surface area contributed by atoms with Crippen LogP contribution in [0.15, 0.2) is 0 Å². The Morgan fingerprint density at radius 1 is 1.12 bits per heavy atom. The maximum Gasteiger partial charge on any atom is -0.0304 e. The molecule has 3 fully saturated rings. The summed E-state index contributed by atoms with van der Waals surface area (Å²) in [5, 5.41) is 4.88. The summed E-state index contributed by atoms with van der Waals surface area (Å²) in [4.78, 5) is 0.